The molecule has 4 rings (SSSR count). The van der Waals surface area contributed by atoms with Crippen LogP contribution >= 0.6 is 0 Å². The number of rotatable bonds is 5. The van der Waals surface area contributed by atoms with Crippen LogP contribution in [0.25, 0.3) is 0 Å². The molecule has 0 bridgehead atoms. The first-order chi connectivity index (χ1) is 14.0. The molecule has 0 aliphatic carbocycles. The standard InChI is InChI=1S/C24H23N3O2/c1-16-8-6-11-19(14-16)27-21(23-20(24(27)29)12-7-13-25-23)15-22(28)26-17(2)18-9-4-3-5-10-18/h3-14,17,21H,15H2,1-2H3,(H,26,28)/t17-,21+/m0/s1. The van der Waals surface area contributed by atoms with E-state index in [4.69, 9.17) is 0 Å². The van der Waals surface area contributed by atoms with Crippen molar-refractivity contribution in [2.75, 3.05) is 4.90 Å². The Hall–Kier alpha value is -3.47. The highest BCUT2D eigenvalue weighted by Crippen LogP contribution is 2.38. The molecule has 2 atom stereocenters. The Balaban J connectivity index is 1.60. The number of anilines is 1. The quantitative estimate of drug-likeness (QED) is 0.710. The van der Waals surface area contributed by atoms with E-state index in [1.54, 1.807) is 23.2 Å². The van der Waals surface area contributed by atoms with Gasteiger partial charge in [-0.1, -0.05) is 42.5 Å². The smallest absolute Gasteiger partial charge is 0.260 e. The molecule has 1 aliphatic heterocycles. The number of amides is 2. The number of carbonyl (C=O) groups is 2. The number of nitrogens with zero attached hydrogens (tertiary/aromatic N) is 2. The zero-order chi connectivity index (χ0) is 20.4. The van der Waals surface area contributed by atoms with E-state index in [1.807, 2.05) is 68.4 Å². The minimum absolute atomic E-state index is 0.114. The average molecular weight is 385 g/mol. The molecule has 0 spiro atoms. The third-order valence-corrected chi connectivity index (χ3v) is 5.25. The van der Waals surface area contributed by atoms with Gasteiger partial charge in [-0.2, -0.15) is 0 Å². The number of aromatic nitrogens is 1. The molecule has 0 saturated heterocycles. The van der Waals surface area contributed by atoms with Crippen molar-refractivity contribution in [3.63, 3.8) is 0 Å². The Morgan fingerprint density at radius 3 is 2.66 bits per heavy atom. The predicted octanol–water partition coefficient (Wildman–Crippen LogP) is 4.36. The third kappa shape index (κ3) is 3.76. The van der Waals surface area contributed by atoms with E-state index in [2.05, 4.69) is 10.3 Å². The molecular formula is C24H23N3O2. The van der Waals surface area contributed by atoms with E-state index in [0.29, 0.717) is 11.3 Å². The number of carbonyl (C=O) groups excluding carboxylic acids is 2. The summed E-state index contributed by atoms with van der Waals surface area (Å²) in [5, 5.41) is 3.05. The van der Waals surface area contributed by atoms with E-state index in [1.165, 1.54) is 0 Å². The van der Waals surface area contributed by atoms with Gasteiger partial charge < -0.3 is 5.32 Å². The van der Waals surface area contributed by atoms with Gasteiger partial charge in [0, 0.05) is 11.9 Å². The minimum atomic E-state index is -0.427. The summed E-state index contributed by atoms with van der Waals surface area (Å²) in [5.41, 5.74) is 4.09. The van der Waals surface area contributed by atoms with Gasteiger partial charge in [-0.25, -0.2) is 0 Å². The Labute approximate surface area is 170 Å². The molecule has 2 amide bonds. The van der Waals surface area contributed by atoms with Crippen LogP contribution in [0.2, 0.25) is 0 Å². The highest BCUT2D eigenvalue weighted by molar-refractivity contribution is 6.11. The van der Waals surface area contributed by atoms with Crippen LogP contribution in [-0.2, 0) is 4.79 Å². The number of pyridine rings is 1. The van der Waals surface area contributed by atoms with Crippen LogP contribution in [0.1, 0.15) is 52.6 Å². The fourth-order valence-corrected chi connectivity index (χ4v) is 3.82. The third-order valence-electron chi connectivity index (χ3n) is 5.25. The molecule has 0 fully saturated rings. The molecule has 0 saturated carbocycles. The van der Waals surface area contributed by atoms with Crippen molar-refractivity contribution in [1.82, 2.24) is 10.3 Å². The zero-order valence-electron chi connectivity index (χ0n) is 16.5. The molecule has 5 nitrogen and oxygen atoms in total. The predicted molar refractivity (Wildman–Crippen MR) is 113 cm³/mol. The maximum atomic E-state index is 13.1. The lowest BCUT2D eigenvalue weighted by Gasteiger charge is -2.25. The Kier molecular flexibility index (Phi) is 5.12. The zero-order valence-corrected chi connectivity index (χ0v) is 16.5. The van der Waals surface area contributed by atoms with Crippen LogP contribution in [0.3, 0.4) is 0 Å². The van der Waals surface area contributed by atoms with E-state index >= 15 is 0 Å². The van der Waals surface area contributed by atoms with Crippen molar-refractivity contribution in [3.8, 4) is 0 Å². The van der Waals surface area contributed by atoms with Crippen LogP contribution in [0.4, 0.5) is 5.69 Å². The van der Waals surface area contributed by atoms with Crippen LogP contribution in [0.15, 0.2) is 72.9 Å². The Morgan fingerprint density at radius 1 is 1.10 bits per heavy atom. The summed E-state index contributed by atoms with van der Waals surface area (Å²) in [6, 6.07) is 20.6. The van der Waals surface area contributed by atoms with Gasteiger partial charge >= 0.3 is 0 Å². The molecule has 2 aromatic carbocycles. The largest absolute Gasteiger partial charge is 0.350 e. The van der Waals surface area contributed by atoms with Crippen LogP contribution in [-0.4, -0.2) is 16.8 Å². The number of fused-ring (bicyclic) bond motifs is 1. The van der Waals surface area contributed by atoms with Crippen molar-refractivity contribution < 1.29 is 9.59 Å². The highest BCUT2D eigenvalue weighted by atomic mass is 16.2. The second kappa shape index (κ2) is 7.87. The van der Waals surface area contributed by atoms with Crippen molar-refractivity contribution in [2.45, 2.75) is 32.4 Å². The van der Waals surface area contributed by atoms with Crippen LogP contribution < -0.4 is 10.2 Å². The van der Waals surface area contributed by atoms with Crippen molar-refractivity contribution in [1.29, 1.82) is 0 Å². The van der Waals surface area contributed by atoms with Gasteiger partial charge in [0.25, 0.3) is 5.91 Å². The lowest BCUT2D eigenvalue weighted by atomic mass is 10.1. The molecule has 0 unspecified atom stereocenters. The van der Waals surface area contributed by atoms with E-state index < -0.39 is 6.04 Å². The van der Waals surface area contributed by atoms with Gasteiger partial charge in [0.15, 0.2) is 0 Å². The lowest BCUT2D eigenvalue weighted by Crippen LogP contribution is -2.34. The molecule has 1 aliphatic rings. The molecule has 1 N–H and O–H groups in total. The maximum absolute atomic E-state index is 13.1. The summed E-state index contributed by atoms with van der Waals surface area (Å²) >= 11 is 0. The van der Waals surface area contributed by atoms with Crippen molar-refractivity contribution in [3.05, 3.63) is 95.3 Å². The Bertz CT molecular complexity index is 1050. The first-order valence-electron chi connectivity index (χ1n) is 9.74. The number of aryl methyl sites for hydroxylation is 1. The molecule has 2 heterocycles. The second-order valence-corrected chi connectivity index (χ2v) is 7.37. The SMILES string of the molecule is Cc1cccc(N2C(=O)c3cccnc3[C@H]2CC(=O)N[C@@H](C)c2ccccc2)c1. The number of hydrogen-bond acceptors (Lipinski definition) is 3. The minimum Gasteiger partial charge on any atom is -0.350 e. The fraction of sp³-hybridized carbons (Fsp3) is 0.208. The summed E-state index contributed by atoms with van der Waals surface area (Å²) < 4.78 is 0. The summed E-state index contributed by atoms with van der Waals surface area (Å²) in [6.07, 6.45) is 1.82. The summed E-state index contributed by atoms with van der Waals surface area (Å²) in [6.45, 7) is 3.94. The lowest BCUT2D eigenvalue weighted by molar-refractivity contribution is -0.122. The van der Waals surface area contributed by atoms with E-state index in [-0.39, 0.29) is 24.3 Å². The number of hydrogen-bond donors (Lipinski definition) is 1. The highest BCUT2D eigenvalue weighted by Gasteiger charge is 2.40. The van der Waals surface area contributed by atoms with Gasteiger partial charge in [0.2, 0.25) is 5.91 Å². The molecule has 29 heavy (non-hydrogen) atoms. The molecule has 146 valence electrons. The van der Waals surface area contributed by atoms with Crippen molar-refractivity contribution in [2.24, 2.45) is 0 Å². The molecule has 3 aromatic rings. The molecule has 1 aromatic heterocycles. The molecule has 5 heteroatoms. The van der Waals surface area contributed by atoms with Crippen molar-refractivity contribution >= 4 is 17.5 Å². The molecule has 0 radical (unpaired) electrons. The summed E-state index contributed by atoms with van der Waals surface area (Å²) in [5.74, 6) is -0.233. The number of benzene rings is 2. The van der Waals surface area contributed by atoms with Crippen LogP contribution in [0.5, 0.6) is 0 Å². The average Bonchev–Trinajstić information content (AvgIpc) is 3.00. The normalized spacial score (nSPS) is 16.4. The number of nitrogens with one attached hydrogen (secondary N) is 1. The summed E-state index contributed by atoms with van der Waals surface area (Å²) in [7, 11) is 0. The summed E-state index contributed by atoms with van der Waals surface area (Å²) in [4.78, 5) is 32.1. The maximum Gasteiger partial charge on any atom is 0.260 e. The second-order valence-electron chi connectivity index (χ2n) is 7.37. The molecular weight excluding hydrogens is 362 g/mol. The Morgan fingerprint density at radius 2 is 1.90 bits per heavy atom. The van der Waals surface area contributed by atoms with Gasteiger partial charge in [-0.3, -0.25) is 19.5 Å². The fourth-order valence-electron chi connectivity index (χ4n) is 3.82. The van der Waals surface area contributed by atoms with Crippen LogP contribution in [0, 0.1) is 6.92 Å². The van der Waals surface area contributed by atoms with E-state index in [0.717, 1.165) is 16.8 Å². The first kappa shape index (κ1) is 18.9. The first-order valence-corrected chi connectivity index (χ1v) is 9.74. The van der Waals surface area contributed by atoms with Gasteiger partial charge in [-0.15, -0.1) is 0 Å². The van der Waals surface area contributed by atoms with Gasteiger partial charge in [0.1, 0.15) is 0 Å². The van der Waals surface area contributed by atoms with Gasteiger partial charge in [-0.05, 0) is 49.2 Å². The topological polar surface area (TPSA) is 62.3 Å². The van der Waals surface area contributed by atoms with E-state index in [9.17, 15) is 9.59 Å². The van der Waals surface area contributed by atoms with Gasteiger partial charge in [0.05, 0.1) is 29.8 Å². The monoisotopic (exact) mass is 385 g/mol.